The monoisotopic (exact) mass is 249 g/mol. The van der Waals surface area contributed by atoms with Crippen molar-refractivity contribution in [3.8, 4) is 0 Å². The minimum atomic E-state index is -0.574. The lowest BCUT2D eigenvalue weighted by Gasteiger charge is -2.17. The van der Waals surface area contributed by atoms with Gasteiger partial charge in [-0.25, -0.2) is 0 Å². The Labute approximate surface area is 107 Å². The second kappa shape index (κ2) is 6.40. The molecule has 0 saturated heterocycles. The summed E-state index contributed by atoms with van der Waals surface area (Å²) in [7, 11) is 0. The first-order valence-corrected chi connectivity index (χ1v) is 6.40. The van der Waals surface area contributed by atoms with E-state index in [1.165, 1.54) is 12.5 Å². The van der Waals surface area contributed by atoms with Crippen molar-refractivity contribution in [2.75, 3.05) is 6.54 Å². The lowest BCUT2D eigenvalue weighted by molar-refractivity contribution is -0.125. The van der Waals surface area contributed by atoms with E-state index in [2.05, 4.69) is 17.5 Å². The van der Waals surface area contributed by atoms with E-state index in [4.69, 9.17) is 4.42 Å². The molecule has 2 atom stereocenters. The highest BCUT2D eigenvalue weighted by molar-refractivity contribution is 5.78. The third-order valence-electron chi connectivity index (χ3n) is 3.28. The molecule has 4 nitrogen and oxygen atoms in total. The van der Waals surface area contributed by atoms with E-state index >= 15 is 0 Å². The predicted molar refractivity (Wildman–Crippen MR) is 67.8 cm³/mol. The Morgan fingerprint density at radius 2 is 2.44 bits per heavy atom. The molecule has 0 aromatic carbocycles. The topological polar surface area (TPSA) is 62.5 Å². The van der Waals surface area contributed by atoms with Gasteiger partial charge in [-0.3, -0.25) is 4.79 Å². The lowest BCUT2D eigenvalue weighted by atomic mass is 9.93. The van der Waals surface area contributed by atoms with Gasteiger partial charge in [-0.05, 0) is 31.7 Å². The molecule has 1 aromatic rings. The summed E-state index contributed by atoms with van der Waals surface area (Å²) < 4.78 is 4.90. The van der Waals surface area contributed by atoms with E-state index in [0.717, 1.165) is 24.8 Å². The number of carbonyl (C=O) groups excluding carboxylic acids is 1. The molecule has 4 heteroatoms. The van der Waals surface area contributed by atoms with Crippen LogP contribution in [-0.4, -0.2) is 17.6 Å². The van der Waals surface area contributed by atoms with Crippen LogP contribution in [0.3, 0.4) is 0 Å². The number of rotatable bonds is 5. The van der Waals surface area contributed by atoms with Crippen molar-refractivity contribution in [1.82, 2.24) is 5.32 Å². The van der Waals surface area contributed by atoms with Crippen molar-refractivity contribution >= 4 is 5.91 Å². The molecule has 0 unspecified atom stereocenters. The molecule has 98 valence electrons. The number of hydrogen-bond donors (Lipinski definition) is 2. The first-order valence-electron chi connectivity index (χ1n) is 6.40. The predicted octanol–water partition coefficient (Wildman–Crippen LogP) is 2.18. The third-order valence-corrected chi connectivity index (χ3v) is 3.28. The van der Waals surface area contributed by atoms with Crippen molar-refractivity contribution < 1.29 is 14.3 Å². The minimum absolute atomic E-state index is 0.0961. The van der Waals surface area contributed by atoms with Gasteiger partial charge in [0, 0.05) is 18.0 Å². The second-order valence-electron chi connectivity index (χ2n) is 4.63. The zero-order valence-corrected chi connectivity index (χ0v) is 10.3. The number of furan rings is 1. The molecular formula is C14H19NO3. The molecule has 0 spiro atoms. The number of hydrogen-bond acceptors (Lipinski definition) is 3. The van der Waals surface area contributed by atoms with Crippen LogP contribution in [-0.2, 0) is 4.79 Å². The molecule has 1 aliphatic rings. The Balaban J connectivity index is 1.68. The summed E-state index contributed by atoms with van der Waals surface area (Å²) in [4.78, 5) is 11.8. The van der Waals surface area contributed by atoms with Gasteiger partial charge in [0.25, 0.3) is 0 Å². The summed E-state index contributed by atoms with van der Waals surface area (Å²) in [5.41, 5.74) is 0.754. The average molecular weight is 249 g/mol. The zero-order valence-electron chi connectivity index (χ0n) is 10.3. The van der Waals surface area contributed by atoms with Crippen LogP contribution < -0.4 is 5.32 Å². The number of amides is 1. The lowest BCUT2D eigenvalue weighted by Crippen LogP contribution is -2.32. The molecule has 0 radical (unpaired) electrons. The summed E-state index contributed by atoms with van der Waals surface area (Å²) in [6.07, 6.45) is 9.91. The Morgan fingerprint density at radius 1 is 1.56 bits per heavy atom. The summed E-state index contributed by atoms with van der Waals surface area (Å²) in [5, 5.41) is 12.7. The number of nitrogens with one attached hydrogen (secondary N) is 1. The highest BCUT2D eigenvalue weighted by Gasteiger charge is 2.18. The van der Waals surface area contributed by atoms with Crippen molar-refractivity contribution in [1.29, 1.82) is 0 Å². The number of allylic oxidation sites excluding steroid dienone is 2. The molecule has 0 aliphatic heterocycles. The van der Waals surface area contributed by atoms with Crippen LogP contribution in [0.25, 0.3) is 0 Å². The Kier molecular flexibility index (Phi) is 4.59. The van der Waals surface area contributed by atoms with E-state index in [-0.39, 0.29) is 11.8 Å². The van der Waals surface area contributed by atoms with Gasteiger partial charge in [-0.2, -0.15) is 0 Å². The van der Waals surface area contributed by atoms with Gasteiger partial charge in [0.15, 0.2) is 0 Å². The number of carbonyl (C=O) groups is 1. The molecule has 0 bridgehead atoms. The van der Waals surface area contributed by atoms with Gasteiger partial charge < -0.3 is 14.8 Å². The van der Waals surface area contributed by atoms with E-state index < -0.39 is 6.10 Å². The highest BCUT2D eigenvalue weighted by atomic mass is 16.3. The van der Waals surface area contributed by atoms with Gasteiger partial charge >= 0.3 is 0 Å². The molecule has 2 N–H and O–H groups in total. The van der Waals surface area contributed by atoms with E-state index in [1.807, 2.05) is 0 Å². The largest absolute Gasteiger partial charge is 0.472 e. The second-order valence-corrected chi connectivity index (χ2v) is 4.63. The van der Waals surface area contributed by atoms with Crippen LogP contribution in [0.15, 0.2) is 35.2 Å². The maximum atomic E-state index is 11.8. The van der Waals surface area contributed by atoms with Crippen molar-refractivity contribution in [3.05, 3.63) is 36.3 Å². The third kappa shape index (κ3) is 3.47. The number of aliphatic hydroxyl groups is 1. The molecular weight excluding hydrogens is 230 g/mol. The zero-order chi connectivity index (χ0) is 12.8. The Bertz CT molecular complexity index is 397. The maximum Gasteiger partial charge on any atom is 0.223 e. The first kappa shape index (κ1) is 12.9. The molecule has 0 saturated carbocycles. The van der Waals surface area contributed by atoms with Crippen molar-refractivity contribution in [2.24, 2.45) is 5.92 Å². The fourth-order valence-corrected chi connectivity index (χ4v) is 2.14. The summed E-state index contributed by atoms with van der Waals surface area (Å²) in [6, 6.07) is 1.73. The fourth-order valence-electron chi connectivity index (χ4n) is 2.14. The van der Waals surface area contributed by atoms with Crippen LogP contribution >= 0.6 is 0 Å². The van der Waals surface area contributed by atoms with E-state index in [0.29, 0.717) is 13.0 Å². The molecule has 1 amide bonds. The van der Waals surface area contributed by atoms with Gasteiger partial charge in [0.05, 0.1) is 18.6 Å². The van der Waals surface area contributed by atoms with E-state index in [1.54, 1.807) is 6.07 Å². The van der Waals surface area contributed by atoms with Gasteiger partial charge in [0.2, 0.25) is 5.91 Å². The molecule has 1 heterocycles. The van der Waals surface area contributed by atoms with Crippen LogP contribution in [0.5, 0.6) is 0 Å². The van der Waals surface area contributed by atoms with E-state index in [9.17, 15) is 9.90 Å². The van der Waals surface area contributed by atoms with Crippen molar-refractivity contribution in [2.45, 2.75) is 31.8 Å². The normalized spacial score (nSPS) is 20.6. The smallest absolute Gasteiger partial charge is 0.223 e. The highest BCUT2D eigenvalue weighted by Crippen LogP contribution is 2.19. The van der Waals surface area contributed by atoms with Gasteiger partial charge in [-0.1, -0.05) is 12.2 Å². The van der Waals surface area contributed by atoms with Crippen LogP contribution in [0.1, 0.15) is 37.4 Å². The standard InChI is InChI=1S/C14H19NO3/c16-13(12-7-9-18-10-12)6-8-15-14(17)11-4-2-1-3-5-11/h1-2,7,9-11,13,16H,3-6,8H2,(H,15,17)/t11-,13-/m0/s1. The van der Waals surface area contributed by atoms with Crippen LogP contribution in [0, 0.1) is 5.92 Å². The SMILES string of the molecule is O=C(NCC[C@H](O)c1ccoc1)[C@H]1CC=CCC1. The maximum absolute atomic E-state index is 11.8. The fraction of sp³-hybridized carbons (Fsp3) is 0.500. The minimum Gasteiger partial charge on any atom is -0.472 e. The van der Waals surface area contributed by atoms with Crippen molar-refractivity contribution in [3.63, 3.8) is 0 Å². The summed E-state index contributed by atoms with van der Waals surface area (Å²) >= 11 is 0. The summed E-state index contributed by atoms with van der Waals surface area (Å²) in [5.74, 6) is 0.194. The van der Waals surface area contributed by atoms with Crippen LogP contribution in [0.4, 0.5) is 0 Å². The Morgan fingerprint density at radius 3 is 3.11 bits per heavy atom. The first-order chi connectivity index (χ1) is 8.77. The summed E-state index contributed by atoms with van der Waals surface area (Å²) in [6.45, 7) is 0.491. The van der Waals surface area contributed by atoms with Crippen LogP contribution in [0.2, 0.25) is 0 Å². The molecule has 0 fully saturated rings. The average Bonchev–Trinajstić information content (AvgIpc) is 2.93. The number of aliphatic hydroxyl groups excluding tert-OH is 1. The molecule has 2 rings (SSSR count). The van der Waals surface area contributed by atoms with Gasteiger partial charge in [0.1, 0.15) is 0 Å². The molecule has 18 heavy (non-hydrogen) atoms. The quantitative estimate of drug-likeness (QED) is 0.786. The molecule has 1 aromatic heterocycles. The molecule has 1 aliphatic carbocycles. The Hall–Kier alpha value is -1.55. The van der Waals surface area contributed by atoms with Gasteiger partial charge in [-0.15, -0.1) is 0 Å².